The molecule has 1 aliphatic rings. The highest BCUT2D eigenvalue weighted by Gasteiger charge is 2.23. The molecule has 0 aliphatic carbocycles. The maximum absolute atomic E-state index is 13.5. The minimum Gasteiger partial charge on any atom is -0.354 e. The van der Waals surface area contributed by atoms with Crippen LogP contribution in [-0.4, -0.2) is 42.4 Å². The minimum atomic E-state index is -0.607. The molecule has 0 saturated heterocycles. The van der Waals surface area contributed by atoms with Gasteiger partial charge in [0.15, 0.2) is 0 Å². The lowest BCUT2D eigenvalue weighted by Gasteiger charge is -2.29. The van der Waals surface area contributed by atoms with Gasteiger partial charge < -0.3 is 10.6 Å². The van der Waals surface area contributed by atoms with Crippen molar-refractivity contribution in [3.8, 4) is 11.1 Å². The highest BCUT2D eigenvalue weighted by atomic mass is 16.2. The first kappa shape index (κ1) is 27.4. The topological polar surface area (TPSA) is 61.4 Å². The Bertz CT molecular complexity index is 1400. The lowest BCUT2D eigenvalue weighted by atomic mass is 9.98. The zero-order chi connectivity index (χ0) is 27.6. The second-order valence-corrected chi connectivity index (χ2v) is 10.4. The van der Waals surface area contributed by atoms with E-state index in [9.17, 15) is 9.59 Å². The Morgan fingerprint density at radius 2 is 1.45 bits per heavy atom. The van der Waals surface area contributed by atoms with Crippen LogP contribution < -0.4 is 10.6 Å². The van der Waals surface area contributed by atoms with Gasteiger partial charge in [-0.15, -0.1) is 0 Å². The monoisotopic (exact) mass is 531 g/mol. The highest BCUT2D eigenvalue weighted by molar-refractivity contribution is 6.02. The number of amides is 2. The first-order valence-electron chi connectivity index (χ1n) is 14.2. The van der Waals surface area contributed by atoms with Gasteiger partial charge in [0.1, 0.15) is 6.04 Å². The summed E-state index contributed by atoms with van der Waals surface area (Å²) in [6, 6.07) is 35.6. The van der Waals surface area contributed by atoms with Crippen LogP contribution in [0.25, 0.3) is 11.1 Å². The summed E-state index contributed by atoms with van der Waals surface area (Å²) in [5.74, 6) is -0.361. The van der Waals surface area contributed by atoms with Crippen molar-refractivity contribution in [3.05, 3.63) is 131 Å². The summed E-state index contributed by atoms with van der Waals surface area (Å²) >= 11 is 0. The van der Waals surface area contributed by atoms with Gasteiger partial charge in [0.2, 0.25) is 5.91 Å². The molecule has 2 N–H and O–H groups in total. The second-order valence-electron chi connectivity index (χ2n) is 10.4. The third-order valence-electron chi connectivity index (χ3n) is 7.61. The molecular formula is C35H37N3O2. The van der Waals surface area contributed by atoms with E-state index < -0.39 is 6.04 Å². The standard InChI is InChI=1S/C35H37N3O2/c39-34(32-19-10-9-18-31(32)29-15-5-2-6-16-29)37-33(35(40)36-23-21-27-12-3-1-4-13-27)20-11-24-38-25-22-28-14-7-8-17-30(28)26-38/h1-10,12-19,33H,11,20-26H2,(H,36,40)(H,37,39)/t33-/m1/s1. The van der Waals surface area contributed by atoms with Crippen LogP contribution in [0.2, 0.25) is 0 Å². The quantitative estimate of drug-likeness (QED) is 0.263. The summed E-state index contributed by atoms with van der Waals surface area (Å²) in [7, 11) is 0. The number of nitrogens with zero attached hydrogens (tertiary/aromatic N) is 1. The summed E-state index contributed by atoms with van der Waals surface area (Å²) in [5.41, 5.74) is 6.39. The molecule has 5 nitrogen and oxygen atoms in total. The number of hydrogen-bond acceptors (Lipinski definition) is 3. The van der Waals surface area contributed by atoms with Crippen LogP contribution >= 0.6 is 0 Å². The largest absolute Gasteiger partial charge is 0.354 e. The summed E-state index contributed by atoms with van der Waals surface area (Å²) in [4.78, 5) is 29.4. The number of carbonyl (C=O) groups is 2. The van der Waals surface area contributed by atoms with E-state index in [2.05, 4.69) is 51.9 Å². The molecule has 1 heterocycles. The van der Waals surface area contributed by atoms with Crippen molar-refractivity contribution in [2.45, 2.75) is 38.3 Å². The van der Waals surface area contributed by atoms with Gasteiger partial charge in [0.25, 0.3) is 5.91 Å². The summed E-state index contributed by atoms with van der Waals surface area (Å²) in [5, 5.41) is 6.14. The molecule has 0 fully saturated rings. The van der Waals surface area contributed by atoms with Crippen molar-refractivity contribution in [2.75, 3.05) is 19.6 Å². The van der Waals surface area contributed by atoms with E-state index in [-0.39, 0.29) is 11.8 Å². The van der Waals surface area contributed by atoms with Gasteiger partial charge in [0, 0.05) is 25.2 Å². The molecule has 5 rings (SSSR count). The molecule has 4 aromatic rings. The third-order valence-corrected chi connectivity index (χ3v) is 7.61. The molecular weight excluding hydrogens is 494 g/mol. The Balaban J connectivity index is 1.24. The number of carbonyl (C=O) groups excluding carboxylic acids is 2. The lowest BCUT2D eigenvalue weighted by Crippen LogP contribution is -2.47. The van der Waals surface area contributed by atoms with E-state index in [0.717, 1.165) is 50.0 Å². The molecule has 0 bridgehead atoms. The van der Waals surface area contributed by atoms with Gasteiger partial charge in [-0.05, 0) is 66.1 Å². The number of hydrogen-bond donors (Lipinski definition) is 2. The van der Waals surface area contributed by atoms with Crippen LogP contribution in [0.5, 0.6) is 0 Å². The van der Waals surface area contributed by atoms with Crippen molar-refractivity contribution in [3.63, 3.8) is 0 Å². The second kappa shape index (κ2) is 13.7. The maximum Gasteiger partial charge on any atom is 0.252 e. The maximum atomic E-state index is 13.5. The molecule has 0 radical (unpaired) electrons. The molecule has 40 heavy (non-hydrogen) atoms. The van der Waals surface area contributed by atoms with Crippen molar-refractivity contribution in [2.24, 2.45) is 0 Å². The van der Waals surface area contributed by atoms with Gasteiger partial charge in [0.05, 0.1) is 0 Å². The molecule has 5 heteroatoms. The smallest absolute Gasteiger partial charge is 0.252 e. The Morgan fingerprint density at radius 3 is 2.25 bits per heavy atom. The van der Waals surface area contributed by atoms with E-state index in [4.69, 9.17) is 0 Å². The molecule has 0 aromatic heterocycles. The SMILES string of the molecule is O=C(N[C@H](CCCN1CCc2ccccc2C1)C(=O)NCCc1ccccc1)c1ccccc1-c1ccccc1. The van der Waals surface area contributed by atoms with E-state index in [1.165, 1.54) is 16.7 Å². The first-order valence-corrected chi connectivity index (χ1v) is 14.2. The lowest BCUT2D eigenvalue weighted by molar-refractivity contribution is -0.123. The van der Waals surface area contributed by atoms with E-state index in [1.807, 2.05) is 72.8 Å². The fourth-order valence-corrected chi connectivity index (χ4v) is 5.42. The Labute approximate surface area is 237 Å². The van der Waals surface area contributed by atoms with Crippen LogP contribution in [0.15, 0.2) is 109 Å². The molecule has 0 saturated carbocycles. The number of nitrogens with one attached hydrogen (secondary N) is 2. The molecule has 0 spiro atoms. The van der Waals surface area contributed by atoms with Crippen molar-refractivity contribution < 1.29 is 9.59 Å². The Morgan fingerprint density at radius 1 is 0.775 bits per heavy atom. The van der Waals surface area contributed by atoms with Crippen LogP contribution in [0.4, 0.5) is 0 Å². The van der Waals surface area contributed by atoms with E-state index in [1.54, 1.807) is 0 Å². The summed E-state index contributed by atoms with van der Waals surface area (Å²) in [6.45, 7) is 3.36. The van der Waals surface area contributed by atoms with E-state index in [0.29, 0.717) is 18.5 Å². The zero-order valence-corrected chi connectivity index (χ0v) is 22.9. The van der Waals surface area contributed by atoms with Gasteiger partial charge >= 0.3 is 0 Å². The predicted octanol–water partition coefficient (Wildman–Crippen LogP) is 5.65. The minimum absolute atomic E-state index is 0.134. The number of fused-ring (bicyclic) bond motifs is 1. The van der Waals surface area contributed by atoms with Crippen LogP contribution in [0.3, 0.4) is 0 Å². The molecule has 4 aromatic carbocycles. The average Bonchev–Trinajstić information content (AvgIpc) is 3.01. The average molecular weight is 532 g/mol. The Hall–Kier alpha value is -4.22. The molecule has 1 atom stereocenters. The van der Waals surface area contributed by atoms with Crippen LogP contribution in [0, 0.1) is 0 Å². The highest BCUT2D eigenvalue weighted by Crippen LogP contribution is 2.24. The molecule has 2 amide bonds. The normalized spacial score (nSPS) is 13.7. The molecule has 0 unspecified atom stereocenters. The fourth-order valence-electron chi connectivity index (χ4n) is 5.42. The fraction of sp³-hybridized carbons (Fsp3) is 0.257. The number of rotatable bonds is 11. The van der Waals surface area contributed by atoms with Gasteiger partial charge in [-0.1, -0.05) is 103 Å². The van der Waals surface area contributed by atoms with Crippen molar-refractivity contribution in [1.29, 1.82) is 0 Å². The molecule has 1 aliphatic heterocycles. The summed E-state index contributed by atoms with van der Waals surface area (Å²) < 4.78 is 0. The van der Waals surface area contributed by atoms with E-state index >= 15 is 0 Å². The molecule has 204 valence electrons. The zero-order valence-electron chi connectivity index (χ0n) is 22.9. The van der Waals surface area contributed by atoms with Crippen LogP contribution in [-0.2, 0) is 24.2 Å². The van der Waals surface area contributed by atoms with Crippen molar-refractivity contribution >= 4 is 11.8 Å². The first-order chi connectivity index (χ1) is 19.7. The van der Waals surface area contributed by atoms with Gasteiger partial charge in [-0.25, -0.2) is 0 Å². The van der Waals surface area contributed by atoms with Crippen molar-refractivity contribution in [1.82, 2.24) is 15.5 Å². The van der Waals surface area contributed by atoms with Crippen LogP contribution in [0.1, 0.15) is 39.9 Å². The van der Waals surface area contributed by atoms with Gasteiger partial charge in [-0.3, -0.25) is 14.5 Å². The number of benzene rings is 4. The Kier molecular flexibility index (Phi) is 9.38. The predicted molar refractivity (Wildman–Crippen MR) is 161 cm³/mol. The third kappa shape index (κ3) is 7.25. The summed E-state index contributed by atoms with van der Waals surface area (Å²) in [6.07, 6.45) is 3.19. The van der Waals surface area contributed by atoms with Gasteiger partial charge in [-0.2, -0.15) is 0 Å².